The van der Waals surface area contributed by atoms with Gasteiger partial charge in [0.1, 0.15) is 12.2 Å². The SMILES string of the molecule is C(OCC1CO1)C1CO1.C=CC(=O)O.C=CC(=O)O.CCC(O)(O)c1ccccc1. The molecule has 2 aliphatic heterocycles. The second kappa shape index (κ2) is 15.3. The van der Waals surface area contributed by atoms with Crippen molar-refractivity contribution in [2.45, 2.75) is 31.3 Å². The maximum atomic E-state index is 9.35. The molecule has 0 amide bonds. The molecule has 3 rings (SSSR count). The third-order valence-corrected chi connectivity index (χ3v) is 3.49. The number of benzene rings is 1. The van der Waals surface area contributed by atoms with Crippen LogP contribution in [-0.4, -0.2) is 71.0 Å². The molecule has 0 saturated carbocycles. The lowest BCUT2D eigenvalue weighted by Crippen LogP contribution is -2.23. The van der Waals surface area contributed by atoms with Crippen LogP contribution in [0, 0.1) is 0 Å². The Morgan fingerprint density at radius 2 is 1.40 bits per heavy atom. The Kier molecular flexibility index (Phi) is 14.0. The number of rotatable bonds is 8. The first-order chi connectivity index (χ1) is 14.2. The average molecular weight is 426 g/mol. The largest absolute Gasteiger partial charge is 0.478 e. The van der Waals surface area contributed by atoms with E-state index in [1.165, 1.54) is 0 Å². The Morgan fingerprint density at radius 1 is 1.03 bits per heavy atom. The normalized spacial score (nSPS) is 18.0. The third kappa shape index (κ3) is 16.4. The van der Waals surface area contributed by atoms with Gasteiger partial charge in [-0.3, -0.25) is 0 Å². The molecule has 2 atom stereocenters. The summed E-state index contributed by atoms with van der Waals surface area (Å²) < 4.78 is 15.1. The zero-order chi connectivity index (χ0) is 23.0. The van der Waals surface area contributed by atoms with E-state index in [2.05, 4.69) is 13.2 Å². The summed E-state index contributed by atoms with van der Waals surface area (Å²) in [5.41, 5.74) is 0.544. The second-order valence-corrected chi connectivity index (χ2v) is 6.07. The molecular weight excluding hydrogens is 396 g/mol. The third-order valence-electron chi connectivity index (χ3n) is 3.49. The van der Waals surface area contributed by atoms with E-state index in [9.17, 15) is 19.8 Å². The number of aliphatic hydroxyl groups is 2. The molecule has 9 heteroatoms. The summed E-state index contributed by atoms with van der Waals surface area (Å²) in [6.07, 6.45) is 2.75. The van der Waals surface area contributed by atoms with Crippen molar-refractivity contribution in [2.75, 3.05) is 26.4 Å². The number of hydrogen-bond acceptors (Lipinski definition) is 7. The molecule has 2 saturated heterocycles. The van der Waals surface area contributed by atoms with E-state index in [-0.39, 0.29) is 0 Å². The fourth-order valence-corrected chi connectivity index (χ4v) is 1.57. The second-order valence-electron chi connectivity index (χ2n) is 6.07. The van der Waals surface area contributed by atoms with Crippen LogP contribution >= 0.6 is 0 Å². The quantitative estimate of drug-likeness (QED) is 0.276. The number of hydrogen-bond donors (Lipinski definition) is 4. The van der Waals surface area contributed by atoms with Crippen LogP contribution in [0.1, 0.15) is 18.9 Å². The van der Waals surface area contributed by atoms with Crippen molar-refractivity contribution in [3.8, 4) is 0 Å². The van der Waals surface area contributed by atoms with E-state index in [0.29, 0.717) is 24.2 Å². The predicted molar refractivity (Wildman–Crippen MR) is 109 cm³/mol. The van der Waals surface area contributed by atoms with Gasteiger partial charge in [0.2, 0.25) is 0 Å². The molecule has 2 heterocycles. The number of ether oxygens (including phenoxy) is 3. The topological polar surface area (TPSA) is 149 Å². The Hall–Kier alpha value is -2.56. The maximum Gasteiger partial charge on any atom is 0.327 e. The minimum absolute atomic E-state index is 0.303. The summed E-state index contributed by atoms with van der Waals surface area (Å²) in [4.78, 5) is 18.5. The lowest BCUT2D eigenvalue weighted by Gasteiger charge is -2.19. The molecule has 0 aromatic heterocycles. The Balaban J connectivity index is 0.000000399. The summed E-state index contributed by atoms with van der Waals surface area (Å²) in [6, 6.07) is 8.81. The van der Waals surface area contributed by atoms with Gasteiger partial charge in [0.05, 0.1) is 26.4 Å². The van der Waals surface area contributed by atoms with E-state index in [1.54, 1.807) is 31.2 Å². The van der Waals surface area contributed by atoms with Crippen molar-refractivity contribution in [1.82, 2.24) is 0 Å². The Labute approximate surface area is 175 Å². The van der Waals surface area contributed by atoms with Crippen molar-refractivity contribution in [2.24, 2.45) is 0 Å². The molecule has 1 aromatic rings. The van der Waals surface area contributed by atoms with Gasteiger partial charge in [0.25, 0.3) is 0 Å². The van der Waals surface area contributed by atoms with Crippen LogP contribution in [0.4, 0.5) is 0 Å². The minimum Gasteiger partial charge on any atom is -0.478 e. The molecule has 168 valence electrons. The van der Waals surface area contributed by atoms with Gasteiger partial charge in [0, 0.05) is 24.1 Å². The van der Waals surface area contributed by atoms with Crippen LogP contribution in [0.2, 0.25) is 0 Å². The number of carboxylic acid groups (broad SMARTS) is 2. The van der Waals surface area contributed by atoms with E-state index in [1.807, 2.05) is 6.07 Å². The monoisotopic (exact) mass is 426 g/mol. The number of epoxide rings is 2. The van der Waals surface area contributed by atoms with Gasteiger partial charge in [-0.15, -0.1) is 0 Å². The zero-order valence-corrected chi connectivity index (χ0v) is 17.0. The zero-order valence-electron chi connectivity index (χ0n) is 17.0. The van der Waals surface area contributed by atoms with Crippen LogP contribution in [0.5, 0.6) is 0 Å². The van der Waals surface area contributed by atoms with Crippen molar-refractivity contribution in [3.63, 3.8) is 0 Å². The molecule has 2 unspecified atom stereocenters. The highest BCUT2D eigenvalue weighted by molar-refractivity contribution is 5.79. The van der Waals surface area contributed by atoms with E-state index in [0.717, 1.165) is 38.6 Å². The van der Waals surface area contributed by atoms with Gasteiger partial charge >= 0.3 is 11.9 Å². The lowest BCUT2D eigenvalue weighted by atomic mass is 10.0. The summed E-state index contributed by atoms with van der Waals surface area (Å²) in [5.74, 6) is -3.63. The van der Waals surface area contributed by atoms with Crippen molar-refractivity contribution < 1.29 is 44.2 Å². The van der Waals surface area contributed by atoms with E-state index >= 15 is 0 Å². The molecule has 0 spiro atoms. The summed E-state index contributed by atoms with van der Waals surface area (Å²) in [6.45, 7) is 10.9. The summed E-state index contributed by atoms with van der Waals surface area (Å²) in [7, 11) is 0. The first-order valence-electron chi connectivity index (χ1n) is 9.18. The first kappa shape index (κ1) is 27.4. The Bertz CT molecular complexity index is 605. The molecule has 0 aliphatic carbocycles. The van der Waals surface area contributed by atoms with E-state index < -0.39 is 17.7 Å². The molecule has 2 aliphatic rings. The lowest BCUT2D eigenvalue weighted by molar-refractivity contribution is -0.171. The van der Waals surface area contributed by atoms with Gasteiger partial charge in [-0.05, 0) is 0 Å². The highest BCUT2D eigenvalue weighted by Crippen LogP contribution is 2.20. The molecule has 0 bridgehead atoms. The molecule has 4 N–H and O–H groups in total. The predicted octanol–water partition coefficient (Wildman–Crippen LogP) is 1.55. The fraction of sp³-hybridized carbons (Fsp3) is 0.429. The van der Waals surface area contributed by atoms with Gasteiger partial charge in [-0.1, -0.05) is 50.4 Å². The average Bonchev–Trinajstić information content (AvgIpc) is 3.66. The van der Waals surface area contributed by atoms with Crippen molar-refractivity contribution >= 4 is 11.9 Å². The molecule has 9 nitrogen and oxygen atoms in total. The van der Waals surface area contributed by atoms with Crippen molar-refractivity contribution in [1.29, 1.82) is 0 Å². The molecule has 0 radical (unpaired) electrons. The van der Waals surface area contributed by atoms with Gasteiger partial charge in [-0.25, -0.2) is 9.59 Å². The van der Waals surface area contributed by atoms with Crippen LogP contribution in [0.3, 0.4) is 0 Å². The van der Waals surface area contributed by atoms with Crippen LogP contribution in [0.15, 0.2) is 55.6 Å². The van der Waals surface area contributed by atoms with Crippen LogP contribution in [-0.2, 0) is 29.6 Å². The minimum atomic E-state index is -1.67. The number of carboxylic acids is 2. The molecular formula is C21H30O9. The first-order valence-corrected chi connectivity index (χ1v) is 9.18. The smallest absolute Gasteiger partial charge is 0.327 e. The Morgan fingerprint density at radius 3 is 1.67 bits per heavy atom. The maximum absolute atomic E-state index is 9.35. The highest BCUT2D eigenvalue weighted by atomic mass is 16.6. The number of carbonyl (C=O) groups is 2. The molecule has 1 aromatic carbocycles. The summed E-state index contributed by atoms with van der Waals surface area (Å²) in [5, 5.41) is 33.9. The number of aliphatic carboxylic acids is 2. The van der Waals surface area contributed by atoms with Gasteiger partial charge < -0.3 is 34.6 Å². The highest BCUT2D eigenvalue weighted by Gasteiger charge is 2.26. The van der Waals surface area contributed by atoms with Crippen LogP contribution in [0.25, 0.3) is 0 Å². The van der Waals surface area contributed by atoms with Gasteiger partial charge in [-0.2, -0.15) is 0 Å². The standard InChI is InChI=1S/C9H12O2.C6H10O3.2C3H4O2/c1-2-9(10,11)8-6-4-3-5-7-8;1(5-3-8-5)7-2-6-4-9-6;2*1-2-3(4)5/h3-7,10-11H,2H2,1H3;5-6H,1-4H2;2*2H,1H2,(H,4,5). The van der Waals surface area contributed by atoms with Crippen LogP contribution < -0.4 is 0 Å². The molecule has 30 heavy (non-hydrogen) atoms. The summed E-state index contributed by atoms with van der Waals surface area (Å²) >= 11 is 0. The van der Waals surface area contributed by atoms with Crippen molar-refractivity contribution in [3.05, 3.63) is 61.2 Å². The fourth-order valence-electron chi connectivity index (χ4n) is 1.57. The van der Waals surface area contributed by atoms with E-state index in [4.69, 9.17) is 24.4 Å². The van der Waals surface area contributed by atoms with Gasteiger partial charge in [0.15, 0.2) is 5.79 Å². The molecule has 2 fully saturated rings.